The zero-order valence-electron chi connectivity index (χ0n) is 16.5. The molecule has 2 atom stereocenters. The Morgan fingerprint density at radius 1 is 0.741 bits per heavy atom. The third-order valence-electron chi connectivity index (χ3n) is 3.36. The number of hydrogen-bond donors (Lipinski definition) is 4. The van der Waals surface area contributed by atoms with E-state index in [-0.39, 0.29) is 12.1 Å². The van der Waals surface area contributed by atoms with Crippen molar-refractivity contribution in [3.8, 4) is 0 Å². The Bertz CT molecular complexity index is 681. The molecule has 2 unspecified atom stereocenters. The minimum absolute atomic E-state index is 0.262. The summed E-state index contributed by atoms with van der Waals surface area (Å²) < 4.78 is 31.6. The molecule has 0 fully saturated rings. The van der Waals surface area contributed by atoms with Crippen LogP contribution in [0.5, 0.6) is 0 Å². The Morgan fingerprint density at radius 2 is 0.963 bits per heavy atom. The maximum Gasteiger partial charge on any atom is 0.394 e. The predicted molar refractivity (Wildman–Crippen MR) is 111 cm³/mol. The fourth-order valence-electron chi connectivity index (χ4n) is 2.19. The van der Waals surface area contributed by atoms with Gasteiger partial charge in [0.05, 0.1) is 0 Å². The van der Waals surface area contributed by atoms with Crippen LogP contribution in [-0.2, 0) is 23.2 Å². The van der Waals surface area contributed by atoms with E-state index in [4.69, 9.17) is 29.0 Å². The van der Waals surface area contributed by atoms with E-state index in [0.717, 1.165) is 12.8 Å². The molecule has 0 saturated heterocycles. The Balaban J connectivity index is 0.000000405. The summed E-state index contributed by atoms with van der Waals surface area (Å²) in [4.78, 5) is 0. The van der Waals surface area contributed by atoms with Crippen molar-refractivity contribution >= 4 is 10.4 Å². The lowest BCUT2D eigenvalue weighted by Gasteiger charge is -2.04. The predicted octanol–water partition coefficient (Wildman–Crippen LogP) is 3.12. The van der Waals surface area contributed by atoms with E-state index in [0.29, 0.717) is 0 Å². The second kappa shape index (κ2) is 12.6. The highest BCUT2D eigenvalue weighted by Crippen LogP contribution is 2.05. The first-order valence-corrected chi connectivity index (χ1v) is 10.1. The summed E-state index contributed by atoms with van der Waals surface area (Å²) in [6, 6.07) is 17.6. The molecule has 0 aliphatic heterocycles. The number of nitrogens with two attached hydrogens (primary N) is 2. The van der Waals surface area contributed by atoms with Crippen LogP contribution in [0, 0.1) is 13.8 Å². The monoisotopic (exact) mass is 396 g/mol. The summed E-state index contributed by atoms with van der Waals surface area (Å²) in [6.45, 7) is 8.24. The van der Waals surface area contributed by atoms with Crippen LogP contribution in [0.3, 0.4) is 0 Å². The second-order valence-electron chi connectivity index (χ2n) is 6.78. The molecule has 152 valence electrons. The van der Waals surface area contributed by atoms with E-state index in [1.165, 1.54) is 22.3 Å². The molecule has 0 bridgehead atoms. The number of hydrogen-bond acceptors (Lipinski definition) is 4. The molecule has 0 aromatic heterocycles. The van der Waals surface area contributed by atoms with Gasteiger partial charge >= 0.3 is 10.4 Å². The third-order valence-corrected chi connectivity index (χ3v) is 3.36. The lowest BCUT2D eigenvalue weighted by molar-refractivity contribution is 0.381. The molecule has 0 saturated carbocycles. The van der Waals surface area contributed by atoms with Crippen molar-refractivity contribution < 1.29 is 17.5 Å². The van der Waals surface area contributed by atoms with Crippen LogP contribution in [-0.4, -0.2) is 29.6 Å². The molecule has 6 N–H and O–H groups in total. The van der Waals surface area contributed by atoms with E-state index in [1.54, 1.807) is 0 Å². The van der Waals surface area contributed by atoms with Gasteiger partial charge in [0.15, 0.2) is 0 Å². The zero-order chi connectivity index (χ0) is 21.0. The van der Waals surface area contributed by atoms with E-state index in [1.807, 2.05) is 13.8 Å². The van der Waals surface area contributed by atoms with Crippen LogP contribution >= 0.6 is 0 Å². The van der Waals surface area contributed by atoms with Gasteiger partial charge < -0.3 is 11.5 Å². The minimum atomic E-state index is -4.67. The number of benzene rings is 2. The second-order valence-corrected chi connectivity index (χ2v) is 7.68. The van der Waals surface area contributed by atoms with Gasteiger partial charge in [0.25, 0.3) is 0 Å². The smallest absolute Gasteiger partial charge is 0.328 e. The van der Waals surface area contributed by atoms with Crippen LogP contribution < -0.4 is 11.5 Å². The third kappa shape index (κ3) is 17.4. The van der Waals surface area contributed by atoms with Crippen molar-refractivity contribution in [2.24, 2.45) is 11.5 Å². The van der Waals surface area contributed by atoms with E-state index in [2.05, 4.69) is 62.4 Å². The summed E-state index contributed by atoms with van der Waals surface area (Å²) in [5.41, 5.74) is 16.6. The Kier molecular flexibility index (Phi) is 11.8. The van der Waals surface area contributed by atoms with Gasteiger partial charge in [-0.15, -0.1) is 0 Å². The van der Waals surface area contributed by atoms with Gasteiger partial charge in [-0.1, -0.05) is 59.7 Å². The minimum Gasteiger partial charge on any atom is -0.328 e. The van der Waals surface area contributed by atoms with Crippen LogP contribution in [0.25, 0.3) is 0 Å². The van der Waals surface area contributed by atoms with E-state index in [9.17, 15) is 0 Å². The standard InChI is InChI=1S/2C10H15N.H2O4S/c2*1-8-3-5-10(6-4-8)7-9(2)11;1-5(2,3)4/h2*3-6,9H,7,11H2,1-2H3;(H2,1,2,3,4). The van der Waals surface area contributed by atoms with Crippen molar-refractivity contribution in [2.45, 2.75) is 52.6 Å². The van der Waals surface area contributed by atoms with E-state index >= 15 is 0 Å². The highest BCUT2D eigenvalue weighted by atomic mass is 32.3. The van der Waals surface area contributed by atoms with Gasteiger partial charge in [-0.3, -0.25) is 9.11 Å². The summed E-state index contributed by atoms with van der Waals surface area (Å²) in [6.07, 6.45) is 1.94. The molecule has 0 spiro atoms. The van der Waals surface area contributed by atoms with Crippen LogP contribution in [0.4, 0.5) is 0 Å². The summed E-state index contributed by atoms with van der Waals surface area (Å²) >= 11 is 0. The Labute approximate surface area is 163 Å². The van der Waals surface area contributed by atoms with Crippen LogP contribution in [0.1, 0.15) is 36.1 Å². The summed E-state index contributed by atoms with van der Waals surface area (Å²) in [5, 5.41) is 0. The molecule has 0 radical (unpaired) electrons. The lowest BCUT2D eigenvalue weighted by Crippen LogP contribution is -2.17. The SMILES string of the molecule is Cc1ccc(CC(C)N)cc1.Cc1ccc(CC(C)N)cc1.O=S(=O)(O)O. The van der Waals surface area contributed by atoms with Crippen molar-refractivity contribution in [2.75, 3.05) is 0 Å². The molecule has 0 amide bonds. The van der Waals surface area contributed by atoms with Crippen LogP contribution in [0.15, 0.2) is 48.5 Å². The molecule has 6 nitrogen and oxygen atoms in total. The van der Waals surface area contributed by atoms with Gasteiger partial charge in [-0.05, 0) is 51.7 Å². The van der Waals surface area contributed by atoms with Crippen molar-refractivity contribution in [1.82, 2.24) is 0 Å². The topological polar surface area (TPSA) is 127 Å². The molecular weight excluding hydrogens is 364 g/mol. The first-order valence-electron chi connectivity index (χ1n) is 8.69. The maximum absolute atomic E-state index is 8.74. The molecule has 0 aliphatic rings. The number of rotatable bonds is 4. The Morgan fingerprint density at radius 3 is 1.15 bits per heavy atom. The van der Waals surface area contributed by atoms with Gasteiger partial charge in [-0.25, -0.2) is 0 Å². The molecule has 2 aromatic rings. The molecule has 2 rings (SSSR count). The average Bonchev–Trinajstić information content (AvgIpc) is 2.50. The van der Waals surface area contributed by atoms with Gasteiger partial charge in [0, 0.05) is 12.1 Å². The highest BCUT2D eigenvalue weighted by molar-refractivity contribution is 7.79. The first-order chi connectivity index (χ1) is 12.4. The molecule has 0 heterocycles. The summed E-state index contributed by atoms with van der Waals surface area (Å²) in [5.74, 6) is 0. The Hall–Kier alpha value is -1.77. The first kappa shape index (κ1) is 25.2. The van der Waals surface area contributed by atoms with Crippen molar-refractivity contribution in [1.29, 1.82) is 0 Å². The normalized spacial score (nSPS) is 12.7. The van der Waals surface area contributed by atoms with Gasteiger partial charge in [-0.2, -0.15) is 8.42 Å². The van der Waals surface area contributed by atoms with E-state index < -0.39 is 10.4 Å². The molecule has 2 aromatic carbocycles. The molecule has 27 heavy (non-hydrogen) atoms. The molecule has 7 heteroatoms. The fourth-order valence-corrected chi connectivity index (χ4v) is 2.19. The van der Waals surface area contributed by atoms with Crippen molar-refractivity contribution in [3.63, 3.8) is 0 Å². The number of aryl methyl sites for hydroxylation is 2. The summed E-state index contributed by atoms with van der Waals surface area (Å²) in [7, 11) is -4.67. The molecular formula is C20H32N2O4S. The van der Waals surface area contributed by atoms with Gasteiger partial charge in [0.2, 0.25) is 0 Å². The molecule has 0 aliphatic carbocycles. The highest BCUT2D eigenvalue weighted by Gasteiger charge is 1.96. The largest absolute Gasteiger partial charge is 0.394 e. The fraction of sp³-hybridized carbons (Fsp3) is 0.400. The zero-order valence-corrected chi connectivity index (χ0v) is 17.3. The maximum atomic E-state index is 8.74. The van der Waals surface area contributed by atoms with Gasteiger partial charge in [0.1, 0.15) is 0 Å². The average molecular weight is 397 g/mol. The van der Waals surface area contributed by atoms with Crippen LogP contribution in [0.2, 0.25) is 0 Å². The van der Waals surface area contributed by atoms with Crippen molar-refractivity contribution in [3.05, 3.63) is 70.8 Å². The quantitative estimate of drug-likeness (QED) is 0.588. The lowest BCUT2D eigenvalue weighted by atomic mass is 10.1.